The highest BCUT2D eigenvalue weighted by Crippen LogP contribution is 2.24. The molecule has 0 aliphatic rings. The molecule has 7 heteroatoms. The number of rotatable bonds is 6. The van der Waals surface area contributed by atoms with Crippen LogP contribution in [0, 0.1) is 20.8 Å². The second-order valence-corrected chi connectivity index (χ2v) is 7.99. The molecule has 0 fully saturated rings. The second-order valence-electron chi connectivity index (χ2n) is 7.58. The summed E-state index contributed by atoms with van der Waals surface area (Å²) in [5, 5.41) is 12.6. The Morgan fingerprint density at radius 1 is 1.10 bits per heavy atom. The number of nitrogens with one attached hydrogen (secondary N) is 1. The first kappa shape index (κ1) is 20.9. The minimum atomic E-state index is -0.0828. The van der Waals surface area contributed by atoms with Crippen molar-refractivity contribution in [2.75, 3.05) is 5.32 Å². The molecule has 0 saturated carbocycles. The van der Waals surface area contributed by atoms with Gasteiger partial charge in [0.25, 0.3) is 0 Å². The fourth-order valence-corrected chi connectivity index (χ4v) is 3.77. The number of halogens is 1. The lowest BCUT2D eigenvalue weighted by Gasteiger charge is -2.12. The van der Waals surface area contributed by atoms with Crippen LogP contribution >= 0.6 is 11.6 Å². The number of aryl methyl sites for hydroxylation is 2. The lowest BCUT2D eigenvalue weighted by molar-refractivity contribution is -0.115. The van der Waals surface area contributed by atoms with Crippen LogP contribution in [-0.2, 0) is 17.8 Å². The van der Waals surface area contributed by atoms with E-state index in [0.29, 0.717) is 11.6 Å². The van der Waals surface area contributed by atoms with Gasteiger partial charge in [0.2, 0.25) is 5.91 Å². The Balaban J connectivity index is 1.53. The summed E-state index contributed by atoms with van der Waals surface area (Å²) in [5.41, 5.74) is 6.35. The van der Waals surface area contributed by atoms with E-state index in [9.17, 15) is 4.79 Å². The third-order valence-electron chi connectivity index (χ3n) is 5.36. The van der Waals surface area contributed by atoms with E-state index in [1.54, 1.807) is 6.20 Å². The number of benzene rings is 2. The van der Waals surface area contributed by atoms with Crippen molar-refractivity contribution < 1.29 is 4.79 Å². The molecular weight excluding hydrogens is 410 g/mol. The fraction of sp³-hybridized carbons (Fsp3) is 0.208. The van der Waals surface area contributed by atoms with Gasteiger partial charge in [0.05, 0.1) is 24.3 Å². The van der Waals surface area contributed by atoms with Crippen LogP contribution in [0.15, 0.2) is 60.9 Å². The van der Waals surface area contributed by atoms with Gasteiger partial charge in [0.15, 0.2) is 0 Å². The van der Waals surface area contributed by atoms with E-state index in [0.717, 1.165) is 39.5 Å². The minimum absolute atomic E-state index is 0.0828. The number of hydrogen-bond donors (Lipinski definition) is 1. The molecule has 2 aromatic heterocycles. The van der Waals surface area contributed by atoms with Gasteiger partial charge in [-0.15, -0.1) is 0 Å². The maximum Gasteiger partial charge on any atom is 0.228 e. The van der Waals surface area contributed by atoms with Crippen molar-refractivity contribution in [1.82, 2.24) is 19.6 Å². The van der Waals surface area contributed by atoms with Crippen molar-refractivity contribution in [3.05, 3.63) is 94.0 Å². The zero-order valence-corrected chi connectivity index (χ0v) is 18.5. The predicted octanol–water partition coefficient (Wildman–Crippen LogP) is 4.88. The molecule has 0 aliphatic heterocycles. The molecule has 4 aromatic rings. The van der Waals surface area contributed by atoms with E-state index in [1.165, 1.54) is 0 Å². The number of para-hydroxylation sites is 1. The van der Waals surface area contributed by atoms with Gasteiger partial charge in [-0.3, -0.25) is 9.48 Å². The number of aromatic nitrogens is 4. The van der Waals surface area contributed by atoms with Gasteiger partial charge in [0, 0.05) is 34.4 Å². The van der Waals surface area contributed by atoms with Crippen LogP contribution in [0.4, 0.5) is 5.69 Å². The molecule has 2 aromatic carbocycles. The topological polar surface area (TPSA) is 64.7 Å². The fourth-order valence-electron chi connectivity index (χ4n) is 3.60. The van der Waals surface area contributed by atoms with Crippen molar-refractivity contribution in [3.63, 3.8) is 0 Å². The molecule has 0 spiro atoms. The maximum absolute atomic E-state index is 12.9. The van der Waals surface area contributed by atoms with Crippen molar-refractivity contribution in [2.45, 2.75) is 33.7 Å². The van der Waals surface area contributed by atoms with Crippen LogP contribution in [0.5, 0.6) is 0 Å². The first-order valence-corrected chi connectivity index (χ1v) is 10.5. The lowest BCUT2D eigenvalue weighted by atomic mass is 10.1. The number of hydrogen-bond acceptors (Lipinski definition) is 3. The molecule has 0 unspecified atom stereocenters. The normalized spacial score (nSPS) is 11.0. The van der Waals surface area contributed by atoms with Gasteiger partial charge in [-0.05, 0) is 56.2 Å². The predicted molar refractivity (Wildman–Crippen MR) is 123 cm³/mol. The number of carbonyl (C=O) groups is 1. The third-order valence-corrected chi connectivity index (χ3v) is 5.77. The number of carbonyl (C=O) groups excluding carboxylic acids is 1. The highest BCUT2D eigenvalue weighted by Gasteiger charge is 2.17. The summed E-state index contributed by atoms with van der Waals surface area (Å²) in [7, 11) is 0. The molecule has 1 N–H and O–H groups in total. The smallest absolute Gasteiger partial charge is 0.228 e. The Morgan fingerprint density at radius 2 is 1.90 bits per heavy atom. The van der Waals surface area contributed by atoms with E-state index in [4.69, 9.17) is 11.6 Å². The van der Waals surface area contributed by atoms with Crippen LogP contribution < -0.4 is 5.32 Å². The Kier molecular flexibility index (Phi) is 5.91. The van der Waals surface area contributed by atoms with E-state index >= 15 is 0 Å². The Labute approximate surface area is 186 Å². The molecular formula is C24H24ClN5O. The van der Waals surface area contributed by atoms with Gasteiger partial charge in [-0.25, -0.2) is 4.68 Å². The zero-order valence-electron chi connectivity index (χ0n) is 17.8. The number of anilines is 1. The summed E-state index contributed by atoms with van der Waals surface area (Å²) in [6.45, 7) is 6.45. The van der Waals surface area contributed by atoms with E-state index in [-0.39, 0.29) is 12.3 Å². The molecule has 4 rings (SSSR count). The highest BCUT2D eigenvalue weighted by atomic mass is 35.5. The van der Waals surface area contributed by atoms with Crippen LogP contribution in [0.1, 0.15) is 28.1 Å². The summed E-state index contributed by atoms with van der Waals surface area (Å²) in [6, 6.07) is 15.5. The molecule has 0 saturated heterocycles. The van der Waals surface area contributed by atoms with Gasteiger partial charge in [0.1, 0.15) is 0 Å². The molecule has 0 aliphatic carbocycles. The molecule has 0 bridgehead atoms. The van der Waals surface area contributed by atoms with E-state index in [1.807, 2.05) is 84.9 Å². The van der Waals surface area contributed by atoms with Gasteiger partial charge in [-0.2, -0.15) is 10.2 Å². The van der Waals surface area contributed by atoms with Crippen LogP contribution in [-0.4, -0.2) is 25.5 Å². The van der Waals surface area contributed by atoms with Crippen molar-refractivity contribution in [2.24, 2.45) is 0 Å². The molecule has 0 radical (unpaired) electrons. The second kappa shape index (κ2) is 8.78. The lowest BCUT2D eigenvalue weighted by Crippen LogP contribution is -2.17. The monoisotopic (exact) mass is 433 g/mol. The SMILES string of the molecule is Cc1ccc(-n2nc(C)c(CC(=O)Nc3ccccc3Cn3cccn3)c2C)cc1Cl. The first-order valence-electron chi connectivity index (χ1n) is 10.1. The largest absolute Gasteiger partial charge is 0.325 e. The standard InChI is InChI=1S/C24H24ClN5O/c1-16-9-10-20(13-22(16)25)30-18(3)21(17(2)28-30)14-24(31)27-23-8-5-4-7-19(23)15-29-12-6-11-26-29/h4-13H,14-15H2,1-3H3,(H,27,31). The van der Waals surface area contributed by atoms with Crippen LogP contribution in [0.25, 0.3) is 5.69 Å². The number of nitrogens with zero attached hydrogens (tertiary/aromatic N) is 4. The minimum Gasteiger partial charge on any atom is -0.325 e. The Bertz CT molecular complexity index is 1230. The van der Waals surface area contributed by atoms with Crippen molar-refractivity contribution in [1.29, 1.82) is 0 Å². The Morgan fingerprint density at radius 3 is 2.65 bits per heavy atom. The van der Waals surface area contributed by atoms with Crippen LogP contribution in [0.3, 0.4) is 0 Å². The quantitative estimate of drug-likeness (QED) is 0.471. The van der Waals surface area contributed by atoms with Gasteiger partial charge < -0.3 is 5.32 Å². The summed E-state index contributed by atoms with van der Waals surface area (Å²) in [6.07, 6.45) is 3.88. The molecule has 1 amide bonds. The van der Waals surface area contributed by atoms with Gasteiger partial charge in [-0.1, -0.05) is 35.9 Å². The Hall–Kier alpha value is -3.38. The summed E-state index contributed by atoms with van der Waals surface area (Å²) in [4.78, 5) is 12.9. The summed E-state index contributed by atoms with van der Waals surface area (Å²) in [5.74, 6) is -0.0828. The first-order chi connectivity index (χ1) is 14.9. The average molecular weight is 434 g/mol. The average Bonchev–Trinajstić information content (AvgIpc) is 3.35. The zero-order chi connectivity index (χ0) is 22.0. The highest BCUT2D eigenvalue weighted by molar-refractivity contribution is 6.31. The van der Waals surface area contributed by atoms with Gasteiger partial charge >= 0.3 is 0 Å². The van der Waals surface area contributed by atoms with E-state index in [2.05, 4.69) is 15.5 Å². The van der Waals surface area contributed by atoms with Crippen LogP contribution in [0.2, 0.25) is 5.02 Å². The number of amides is 1. The molecule has 158 valence electrons. The molecule has 6 nitrogen and oxygen atoms in total. The maximum atomic E-state index is 12.9. The van der Waals surface area contributed by atoms with Crippen molar-refractivity contribution in [3.8, 4) is 5.69 Å². The molecule has 0 atom stereocenters. The van der Waals surface area contributed by atoms with E-state index < -0.39 is 0 Å². The third kappa shape index (κ3) is 4.54. The summed E-state index contributed by atoms with van der Waals surface area (Å²) >= 11 is 6.29. The molecule has 2 heterocycles. The summed E-state index contributed by atoms with van der Waals surface area (Å²) < 4.78 is 3.67. The molecule has 31 heavy (non-hydrogen) atoms. The van der Waals surface area contributed by atoms with Crippen molar-refractivity contribution >= 4 is 23.2 Å².